The average Bonchev–Trinajstić information content (AvgIpc) is 2.40. The van der Waals surface area contributed by atoms with Crippen LogP contribution >= 0.6 is 0 Å². The number of rotatable bonds is 3. The third-order valence-electron chi connectivity index (χ3n) is 2.98. The zero-order valence-electron chi connectivity index (χ0n) is 11.3. The Bertz CT molecular complexity index is 625. The standard InChI is InChI=1S/C15H15F3N2O/c1-9(19)13-11(10-5-3-2-4-6-10)7-8-12(20)14(13)21-15(16,17)18/h2-9H,19-20H2,1H3/t9-/m1/s1. The van der Waals surface area contributed by atoms with E-state index in [2.05, 4.69) is 4.74 Å². The molecule has 0 saturated carbocycles. The van der Waals surface area contributed by atoms with Gasteiger partial charge in [0.05, 0.1) is 5.69 Å². The topological polar surface area (TPSA) is 61.3 Å². The summed E-state index contributed by atoms with van der Waals surface area (Å²) in [7, 11) is 0. The van der Waals surface area contributed by atoms with E-state index < -0.39 is 18.2 Å². The minimum atomic E-state index is -4.83. The first kappa shape index (κ1) is 15.2. The van der Waals surface area contributed by atoms with Crippen molar-refractivity contribution in [1.82, 2.24) is 0 Å². The predicted octanol–water partition coefficient (Wildman–Crippen LogP) is 3.85. The monoisotopic (exact) mass is 296 g/mol. The molecule has 3 nitrogen and oxygen atoms in total. The lowest BCUT2D eigenvalue weighted by Gasteiger charge is -2.21. The Morgan fingerprint density at radius 1 is 1.05 bits per heavy atom. The van der Waals surface area contributed by atoms with Gasteiger partial charge in [-0.15, -0.1) is 13.2 Å². The first-order chi connectivity index (χ1) is 9.79. The Kier molecular flexibility index (Phi) is 4.09. The zero-order chi connectivity index (χ0) is 15.6. The van der Waals surface area contributed by atoms with Gasteiger partial charge in [0.15, 0.2) is 5.75 Å². The number of hydrogen-bond donors (Lipinski definition) is 2. The second kappa shape index (κ2) is 5.65. The number of hydrogen-bond acceptors (Lipinski definition) is 3. The summed E-state index contributed by atoms with van der Waals surface area (Å²) < 4.78 is 41.8. The Labute approximate surface area is 120 Å². The van der Waals surface area contributed by atoms with Gasteiger partial charge >= 0.3 is 6.36 Å². The fourth-order valence-corrected chi connectivity index (χ4v) is 2.17. The first-order valence-corrected chi connectivity index (χ1v) is 6.28. The molecule has 0 aliphatic rings. The van der Waals surface area contributed by atoms with Crippen molar-refractivity contribution in [2.75, 3.05) is 5.73 Å². The van der Waals surface area contributed by atoms with E-state index in [1.807, 2.05) is 6.07 Å². The molecule has 0 radical (unpaired) electrons. The van der Waals surface area contributed by atoms with Gasteiger partial charge in [0.1, 0.15) is 0 Å². The van der Waals surface area contributed by atoms with Crippen molar-refractivity contribution in [3.05, 3.63) is 48.0 Å². The maximum Gasteiger partial charge on any atom is 0.573 e. The molecular weight excluding hydrogens is 281 g/mol. The lowest BCUT2D eigenvalue weighted by molar-refractivity contribution is -0.274. The van der Waals surface area contributed by atoms with Crippen molar-refractivity contribution < 1.29 is 17.9 Å². The number of halogens is 3. The van der Waals surface area contributed by atoms with E-state index in [0.717, 1.165) is 5.56 Å². The highest BCUT2D eigenvalue weighted by Gasteiger charge is 2.34. The molecule has 2 aromatic carbocycles. The SMILES string of the molecule is C[C@@H](N)c1c(-c2ccccc2)ccc(N)c1OC(F)(F)F. The third kappa shape index (κ3) is 3.46. The number of benzene rings is 2. The molecule has 2 rings (SSSR count). The molecule has 0 saturated heterocycles. The van der Waals surface area contributed by atoms with Crippen molar-refractivity contribution in [2.45, 2.75) is 19.3 Å². The van der Waals surface area contributed by atoms with Crippen LogP contribution in [0.15, 0.2) is 42.5 Å². The van der Waals surface area contributed by atoms with Gasteiger partial charge in [0, 0.05) is 11.6 Å². The van der Waals surface area contributed by atoms with Crippen LogP contribution in [0.4, 0.5) is 18.9 Å². The quantitative estimate of drug-likeness (QED) is 0.846. The van der Waals surface area contributed by atoms with Gasteiger partial charge < -0.3 is 16.2 Å². The molecule has 0 heterocycles. The molecule has 0 fully saturated rings. The second-order valence-electron chi connectivity index (χ2n) is 4.65. The molecule has 0 aromatic heterocycles. The van der Waals surface area contributed by atoms with Gasteiger partial charge in [-0.1, -0.05) is 36.4 Å². The fourth-order valence-electron chi connectivity index (χ4n) is 2.17. The second-order valence-corrected chi connectivity index (χ2v) is 4.65. The van der Waals surface area contributed by atoms with Crippen LogP contribution in [0.2, 0.25) is 0 Å². The summed E-state index contributed by atoms with van der Waals surface area (Å²) >= 11 is 0. The molecule has 0 aliphatic carbocycles. The van der Waals surface area contributed by atoms with Crippen LogP contribution in [-0.2, 0) is 0 Å². The number of nitrogens with two attached hydrogens (primary N) is 2. The highest BCUT2D eigenvalue weighted by atomic mass is 19.4. The van der Waals surface area contributed by atoms with Crippen LogP contribution in [-0.4, -0.2) is 6.36 Å². The highest BCUT2D eigenvalue weighted by Crippen LogP contribution is 2.40. The van der Waals surface area contributed by atoms with Crippen molar-refractivity contribution in [3.63, 3.8) is 0 Å². The Morgan fingerprint density at radius 3 is 2.19 bits per heavy atom. The van der Waals surface area contributed by atoms with E-state index in [1.54, 1.807) is 37.3 Å². The molecule has 1 atom stereocenters. The van der Waals surface area contributed by atoms with Gasteiger partial charge in [-0.2, -0.15) is 0 Å². The fraction of sp³-hybridized carbons (Fsp3) is 0.200. The van der Waals surface area contributed by atoms with Crippen LogP contribution in [0.3, 0.4) is 0 Å². The Morgan fingerprint density at radius 2 is 1.67 bits per heavy atom. The summed E-state index contributed by atoms with van der Waals surface area (Å²) in [5.74, 6) is -0.432. The summed E-state index contributed by atoms with van der Waals surface area (Å²) in [5, 5.41) is 0. The van der Waals surface area contributed by atoms with E-state index in [1.165, 1.54) is 6.07 Å². The zero-order valence-corrected chi connectivity index (χ0v) is 11.3. The number of ether oxygens (including phenoxy) is 1. The molecule has 0 amide bonds. The molecule has 4 N–H and O–H groups in total. The minimum Gasteiger partial charge on any atom is -0.403 e. The van der Waals surface area contributed by atoms with Crippen LogP contribution in [0.1, 0.15) is 18.5 Å². The summed E-state index contributed by atoms with van der Waals surface area (Å²) in [6, 6.07) is 11.3. The molecule has 0 spiro atoms. The molecule has 0 unspecified atom stereocenters. The summed E-state index contributed by atoms with van der Waals surface area (Å²) in [6.45, 7) is 1.59. The van der Waals surface area contributed by atoms with Crippen molar-refractivity contribution in [1.29, 1.82) is 0 Å². The average molecular weight is 296 g/mol. The molecule has 21 heavy (non-hydrogen) atoms. The molecular formula is C15H15F3N2O. The predicted molar refractivity (Wildman–Crippen MR) is 75.6 cm³/mol. The minimum absolute atomic E-state index is 0.0979. The summed E-state index contributed by atoms with van der Waals surface area (Å²) in [6.07, 6.45) is -4.83. The lowest BCUT2D eigenvalue weighted by atomic mass is 9.94. The normalized spacial score (nSPS) is 13.0. The van der Waals surface area contributed by atoms with Gasteiger partial charge in [-0.25, -0.2) is 0 Å². The largest absolute Gasteiger partial charge is 0.573 e. The maximum atomic E-state index is 12.6. The van der Waals surface area contributed by atoms with Gasteiger partial charge in [0.2, 0.25) is 0 Å². The number of nitrogen functional groups attached to an aromatic ring is 1. The molecule has 6 heteroatoms. The summed E-state index contributed by atoms with van der Waals surface area (Å²) in [5.41, 5.74) is 12.9. The number of anilines is 1. The molecule has 2 aromatic rings. The van der Waals surface area contributed by atoms with Crippen molar-refractivity contribution in [3.8, 4) is 16.9 Å². The van der Waals surface area contributed by atoms with Crippen LogP contribution in [0, 0.1) is 0 Å². The Hall–Kier alpha value is -2.21. The third-order valence-corrected chi connectivity index (χ3v) is 2.98. The van der Waals surface area contributed by atoms with Gasteiger partial charge in [-0.05, 0) is 24.1 Å². The smallest absolute Gasteiger partial charge is 0.403 e. The maximum absolute atomic E-state index is 12.6. The van der Waals surface area contributed by atoms with E-state index in [0.29, 0.717) is 5.56 Å². The van der Waals surface area contributed by atoms with E-state index in [4.69, 9.17) is 11.5 Å². The highest BCUT2D eigenvalue weighted by molar-refractivity contribution is 5.75. The molecule has 0 bridgehead atoms. The van der Waals surface area contributed by atoms with Crippen LogP contribution in [0.5, 0.6) is 5.75 Å². The van der Waals surface area contributed by atoms with E-state index in [-0.39, 0.29) is 11.3 Å². The lowest BCUT2D eigenvalue weighted by Crippen LogP contribution is -2.21. The van der Waals surface area contributed by atoms with Gasteiger partial charge in [-0.3, -0.25) is 0 Å². The summed E-state index contributed by atoms with van der Waals surface area (Å²) in [4.78, 5) is 0. The van der Waals surface area contributed by atoms with Crippen molar-refractivity contribution in [2.24, 2.45) is 5.73 Å². The first-order valence-electron chi connectivity index (χ1n) is 6.28. The van der Waals surface area contributed by atoms with E-state index in [9.17, 15) is 13.2 Å². The van der Waals surface area contributed by atoms with Crippen LogP contribution in [0.25, 0.3) is 11.1 Å². The molecule has 112 valence electrons. The van der Waals surface area contributed by atoms with Crippen molar-refractivity contribution >= 4 is 5.69 Å². The Balaban J connectivity index is 2.65. The van der Waals surface area contributed by atoms with Crippen LogP contribution < -0.4 is 16.2 Å². The van der Waals surface area contributed by atoms with E-state index >= 15 is 0 Å². The van der Waals surface area contributed by atoms with Gasteiger partial charge in [0.25, 0.3) is 0 Å². The molecule has 0 aliphatic heterocycles. The number of alkyl halides is 3.